The maximum atomic E-state index is 13.5. The van der Waals surface area contributed by atoms with Crippen molar-refractivity contribution in [1.82, 2.24) is 26.0 Å². The summed E-state index contributed by atoms with van der Waals surface area (Å²) in [5, 5.41) is 28.7. The molecule has 182 valence electrons. The molecule has 0 unspecified atom stereocenters. The number of rotatable bonds is 7. The first-order chi connectivity index (χ1) is 16.6. The van der Waals surface area contributed by atoms with Crippen LogP contribution in [0.4, 0.5) is 4.39 Å². The Labute approximate surface area is 198 Å². The number of carbonyl (C=O) groups is 2. The molecule has 0 aliphatic rings. The third kappa shape index (κ3) is 6.11. The van der Waals surface area contributed by atoms with Crippen LogP contribution in [0.15, 0.2) is 60.0 Å². The van der Waals surface area contributed by atoms with Crippen molar-refractivity contribution >= 4 is 17.6 Å². The minimum Gasteiger partial charge on any atom is -0.347 e. The smallest absolute Gasteiger partial charge is 0.275 e. The quantitative estimate of drug-likeness (QED) is 0.0759. The van der Waals surface area contributed by atoms with Crippen LogP contribution in [0.5, 0.6) is 0 Å². The number of hydrogen-bond acceptors (Lipinski definition) is 9. The van der Waals surface area contributed by atoms with Gasteiger partial charge < -0.3 is 26.8 Å². The van der Waals surface area contributed by atoms with E-state index in [0.717, 1.165) is 30.1 Å². The summed E-state index contributed by atoms with van der Waals surface area (Å²) in [4.78, 5) is 32.6. The number of hydrazone groups is 1. The number of halogens is 1. The van der Waals surface area contributed by atoms with Crippen LogP contribution in [-0.4, -0.2) is 37.8 Å². The zero-order chi connectivity index (χ0) is 25.6. The molecule has 1 heterocycles. The van der Waals surface area contributed by atoms with Crippen molar-refractivity contribution in [1.29, 1.82) is 0 Å². The van der Waals surface area contributed by atoms with E-state index in [0.29, 0.717) is 5.56 Å². The summed E-state index contributed by atoms with van der Waals surface area (Å²) in [6, 6.07) is 11.3. The van der Waals surface area contributed by atoms with Gasteiger partial charge in [-0.1, -0.05) is 24.3 Å². The third-order valence-electron chi connectivity index (χ3n) is 4.93. The van der Waals surface area contributed by atoms with E-state index in [4.69, 9.17) is 11.7 Å². The second kappa shape index (κ2) is 10.6. The molecule has 2 aromatic carbocycles. The number of hydrogen-bond donors (Lipinski definition) is 7. The van der Waals surface area contributed by atoms with E-state index in [9.17, 15) is 24.2 Å². The number of aromatic nitrogens is 2. The van der Waals surface area contributed by atoms with Gasteiger partial charge in [0.25, 0.3) is 17.7 Å². The van der Waals surface area contributed by atoms with Crippen LogP contribution in [0, 0.1) is 12.7 Å². The molecule has 0 saturated carbocycles. The summed E-state index contributed by atoms with van der Waals surface area (Å²) in [6.07, 6.45) is 0.991. The molecule has 0 atom stereocenters. The van der Waals surface area contributed by atoms with Crippen molar-refractivity contribution in [3.8, 4) is 0 Å². The van der Waals surface area contributed by atoms with Gasteiger partial charge in [0.15, 0.2) is 5.84 Å². The highest BCUT2D eigenvalue weighted by Gasteiger charge is 2.30. The number of carbonyl (C=O) groups excluding carboxylic acids is 2. The Morgan fingerprint density at radius 1 is 1.06 bits per heavy atom. The summed E-state index contributed by atoms with van der Waals surface area (Å²) >= 11 is 0. The number of nitrogens with two attached hydrogens (primary N) is 2. The molecular formula is C22H23FN8O4. The Hall–Kier alpha value is -4.46. The van der Waals surface area contributed by atoms with Gasteiger partial charge in [-0.2, -0.15) is 5.10 Å². The monoisotopic (exact) mass is 482 g/mol. The molecule has 0 aliphatic heterocycles. The topological polar surface area (TPSA) is 201 Å². The second-order valence-electron chi connectivity index (χ2n) is 7.38. The number of aryl methyl sites for hydroxylation is 1. The number of amides is 2. The first-order valence-corrected chi connectivity index (χ1v) is 10.1. The summed E-state index contributed by atoms with van der Waals surface area (Å²) in [5.74, 6) is 5.92. The van der Waals surface area contributed by atoms with Crippen molar-refractivity contribution in [2.24, 2.45) is 16.8 Å². The van der Waals surface area contributed by atoms with Gasteiger partial charge in [-0.05, 0) is 36.2 Å². The van der Waals surface area contributed by atoms with Crippen LogP contribution in [0.2, 0.25) is 0 Å². The molecule has 0 aliphatic carbocycles. The first-order valence-electron chi connectivity index (χ1n) is 10.1. The number of aliphatic hydroxyl groups is 2. The predicted octanol–water partition coefficient (Wildman–Crippen LogP) is -0.537. The third-order valence-corrected chi connectivity index (χ3v) is 4.93. The largest absolute Gasteiger partial charge is 0.347 e. The summed E-state index contributed by atoms with van der Waals surface area (Å²) in [5.41, 5.74) is 3.36. The van der Waals surface area contributed by atoms with E-state index in [1.54, 1.807) is 24.3 Å². The first kappa shape index (κ1) is 25.2. The molecule has 1 aromatic heterocycles. The van der Waals surface area contributed by atoms with Gasteiger partial charge in [0, 0.05) is 23.7 Å². The fraction of sp³-hybridized carbons (Fsp3) is 0.136. The molecule has 2 amide bonds. The number of hydrazine groups is 1. The number of benzene rings is 2. The van der Waals surface area contributed by atoms with Gasteiger partial charge >= 0.3 is 0 Å². The van der Waals surface area contributed by atoms with Crippen LogP contribution < -0.4 is 27.7 Å². The van der Waals surface area contributed by atoms with Crippen molar-refractivity contribution in [3.63, 3.8) is 0 Å². The fourth-order valence-corrected chi connectivity index (χ4v) is 3.01. The molecular weight excluding hydrogens is 459 g/mol. The lowest BCUT2D eigenvalue weighted by molar-refractivity contribution is -0.185. The van der Waals surface area contributed by atoms with E-state index in [-0.39, 0.29) is 34.9 Å². The maximum Gasteiger partial charge on any atom is 0.275 e. The van der Waals surface area contributed by atoms with E-state index in [2.05, 4.69) is 25.8 Å². The highest BCUT2D eigenvalue weighted by Crippen LogP contribution is 2.19. The van der Waals surface area contributed by atoms with Crippen molar-refractivity contribution in [3.05, 3.63) is 94.3 Å². The average molecular weight is 482 g/mol. The summed E-state index contributed by atoms with van der Waals surface area (Å²) < 4.78 is 13.5. The molecule has 12 nitrogen and oxygen atoms in total. The van der Waals surface area contributed by atoms with E-state index in [1.165, 1.54) is 13.0 Å². The lowest BCUT2D eigenvalue weighted by Gasteiger charge is -2.23. The van der Waals surface area contributed by atoms with Gasteiger partial charge in [-0.25, -0.2) is 20.2 Å². The Kier molecular flexibility index (Phi) is 7.66. The Bertz CT molecular complexity index is 1260. The van der Waals surface area contributed by atoms with Gasteiger partial charge in [0.2, 0.25) is 0 Å². The van der Waals surface area contributed by atoms with Gasteiger partial charge in [-0.15, -0.1) is 0 Å². The van der Waals surface area contributed by atoms with Gasteiger partial charge in [-0.3, -0.25) is 14.9 Å². The minimum absolute atomic E-state index is 0.120. The molecule has 0 spiro atoms. The predicted molar refractivity (Wildman–Crippen MR) is 122 cm³/mol. The van der Waals surface area contributed by atoms with Crippen LogP contribution in [0.3, 0.4) is 0 Å². The van der Waals surface area contributed by atoms with Crippen LogP contribution in [-0.2, 0) is 12.5 Å². The molecule has 0 bridgehead atoms. The van der Waals surface area contributed by atoms with Gasteiger partial charge in [0.1, 0.15) is 23.5 Å². The normalized spacial score (nSPS) is 11.6. The van der Waals surface area contributed by atoms with Gasteiger partial charge in [0.05, 0.1) is 0 Å². The Morgan fingerprint density at radius 3 is 2.31 bits per heavy atom. The standard InChI is InChI=1S/C22H23FN8O4/c1-12-8-15(6-7-16(12)23)22(34,35)29-21(33)18-9-17(27-11-28-18)20(32)26-10-13-2-4-14(5-3-13)19(30-24)31-25/h2-9,11,34-35H,10,24-25H2,1H3,(H,26,32)(H,29,33)(H,30,31). The van der Waals surface area contributed by atoms with Crippen LogP contribution >= 0.6 is 0 Å². The molecule has 3 rings (SSSR count). The number of nitrogens with zero attached hydrogens (tertiary/aromatic N) is 3. The highest BCUT2D eigenvalue weighted by molar-refractivity contribution is 5.98. The maximum absolute atomic E-state index is 13.5. The van der Waals surface area contributed by atoms with E-state index in [1.807, 2.05) is 5.32 Å². The molecule has 0 fully saturated rings. The SMILES string of the molecule is Cc1cc(C(O)(O)NC(=O)c2cc(C(=O)NCc3ccc(/C(=N/N)NN)cc3)ncn2)ccc1F. The molecule has 0 radical (unpaired) electrons. The Morgan fingerprint density at radius 2 is 1.71 bits per heavy atom. The lowest BCUT2D eigenvalue weighted by Crippen LogP contribution is -2.46. The average Bonchev–Trinajstić information content (AvgIpc) is 2.85. The molecule has 35 heavy (non-hydrogen) atoms. The summed E-state index contributed by atoms with van der Waals surface area (Å²) in [6.45, 7) is 1.58. The molecule has 9 N–H and O–H groups in total. The molecule has 13 heteroatoms. The number of nitrogens with one attached hydrogen (secondary N) is 3. The lowest BCUT2D eigenvalue weighted by atomic mass is 10.1. The van der Waals surface area contributed by atoms with Crippen molar-refractivity contribution in [2.45, 2.75) is 19.4 Å². The Balaban J connectivity index is 1.66. The highest BCUT2D eigenvalue weighted by atomic mass is 19.1. The summed E-state index contributed by atoms with van der Waals surface area (Å²) in [7, 11) is 0. The number of amidine groups is 1. The zero-order valence-electron chi connectivity index (χ0n) is 18.5. The van der Waals surface area contributed by atoms with E-state index >= 15 is 0 Å². The van der Waals surface area contributed by atoms with Crippen LogP contribution in [0.1, 0.15) is 43.2 Å². The second-order valence-corrected chi connectivity index (χ2v) is 7.38. The molecule has 0 saturated heterocycles. The van der Waals surface area contributed by atoms with Crippen molar-refractivity contribution in [2.75, 3.05) is 0 Å². The van der Waals surface area contributed by atoms with E-state index < -0.39 is 23.5 Å². The minimum atomic E-state index is -2.80. The van der Waals surface area contributed by atoms with Crippen LogP contribution in [0.25, 0.3) is 0 Å². The van der Waals surface area contributed by atoms with Crippen molar-refractivity contribution < 1.29 is 24.2 Å². The fourth-order valence-electron chi connectivity index (χ4n) is 3.01. The molecule has 3 aromatic rings. The zero-order valence-corrected chi connectivity index (χ0v) is 18.5.